The lowest BCUT2D eigenvalue weighted by Crippen LogP contribution is -2.32. The Bertz CT molecular complexity index is 858. The maximum atomic E-state index is 12.9. The van der Waals surface area contributed by atoms with Crippen molar-refractivity contribution in [1.82, 2.24) is 10.5 Å². The van der Waals surface area contributed by atoms with Crippen LogP contribution in [0.1, 0.15) is 24.8 Å². The molecule has 1 aliphatic heterocycles. The molecule has 0 radical (unpaired) electrons. The number of hydrogen-bond acceptors (Lipinski definition) is 6. The molecule has 1 aliphatic rings. The Morgan fingerprint density at radius 2 is 2.17 bits per heavy atom. The van der Waals surface area contributed by atoms with E-state index in [1.54, 1.807) is 30.5 Å². The third-order valence-electron chi connectivity index (χ3n) is 4.20. The first-order chi connectivity index (χ1) is 14.6. The van der Waals surface area contributed by atoms with Gasteiger partial charge in [0.05, 0.1) is 11.6 Å². The fourth-order valence-corrected chi connectivity index (χ4v) is 2.92. The van der Waals surface area contributed by atoms with Crippen molar-refractivity contribution in [1.29, 1.82) is 0 Å². The van der Waals surface area contributed by atoms with Crippen LogP contribution >= 0.6 is 11.6 Å². The van der Waals surface area contributed by atoms with Crippen molar-refractivity contribution in [2.45, 2.75) is 25.6 Å². The van der Waals surface area contributed by atoms with Crippen molar-refractivity contribution >= 4 is 29.4 Å². The molecule has 7 nitrogen and oxygen atoms in total. The van der Waals surface area contributed by atoms with Crippen LogP contribution in [-0.2, 0) is 14.4 Å². The molecule has 2 aromatic rings. The first kappa shape index (κ1) is 22.0. The van der Waals surface area contributed by atoms with E-state index < -0.39 is 12.2 Å². The molecule has 160 valence electrons. The zero-order valence-corrected chi connectivity index (χ0v) is 17.0. The molecule has 1 fully saturated rings. The highest BCUT2D eigenvalue weighted by atomic mass is 35.5. The molecule has 2 N–H and O–H groups in total. The van der Waals surface area contributed by atoms with Crippen molar-refractivity contribution in [3.8, 4) is 5.75 Å². The SMILES string of the molecule is O=C(C=Cc1cnc(NCCOc2ccc(F)cc2)c(Cl)c1)NOC1CCCCO1. The van der Waals surface area contributed by atoms with Crippen LogP contribution in [0.3, 0.4) is 0 Å². The number of aromatic nitrogens is 1. The number of nitrogens with one attached hydrogen (secondary N) is 2. The van der Waals surface area contributed by atoms with Crippen LogP contribution in [0.5, 0.6) is 5.75 Å². The van der Waals surface area contributed by atoms with E-state index in [0.717, 1.165) is 19.3 Å². The Balaban J connectivity index is 1.40. The van der Waals surface area contributed by atoms with Gasteiger partial charge in [0.2, 0.25) is 0 Å². The Morgan fingerprint density at radius 3 is 2.90 bits per heavy atom. The Kier molecular flexibility index (Phi) is 8.43. The van der Waals surface area contributed by atoms with E-state index in [1.807, 2.05) is 0 Å². The van der Waals surface area contributed by atoms with Crippen molar-refractivity contribution in [2.75, 3.05) is 25.1 Å². The molecule has 1 aromatic heterocycles. The second-order valence-electron chi connectivity index (χ2n) is 6.54. The van der Waals surface area contributed by atoms with Crippen molar-refractivity contribution in [3.63, 3.8) is 0 Å². The summed E-state index contributed by atoms with van der Waals surface area (Å²) in [6.45, 7) is 1.46. The van der Waals surface area contributed by atoms with E-state index in [-0.39, 0.29) is 5.82 Å². The van der Waals surface area contributed by atoms with E-state index in [0.29, 0.717) is 41.9 Å². The third-order valence-corrected chi connectivity index (χ3v) is 4.48. The number of halogens is 2. The Hall–Kier alpha value is -2.68. The molecule has 1 amide bonds. The monoisotopic (exact) mass is 435 g/mol. The van der Waals surface area contributed by atoms with Crippen LogP contribution in [0.2, 0.25) is 5.02 Å². The van der Waals surface area contributed by atoms with E-state index >= 15 is 0 Å². The van der Waals surface area contributed by atoms with Crippen LogP contribution in [0.25, 0.3) is 6.08 Å². The van der Waals surface area contributed by atoms with Crippen molar-refractivity contribution in [2.24, 2.45) is 0 Å². The van der Waals surface area contributed by atoms with Crippen LogP contribution < -0.4 is 15.5 Å². The average molecular weight is 436 g/mol. The molecule has 1 atom stereocenters. The van der Waals surface area contributed by atoms with Crippen LogP contribution in [0.15, 0.2) is 42.6 Å². The summed E-state index contributed by atoms with van der Waals surface area (Å²) in [7, 11) is 0. The minimum atomic E-state index is -0.402. The summed E-state index contributed by atoms with van der Waals surface area (Å²) in [6, 6.07) is 7.48. The second kappa shape index (κ2) is 11.5. The summed E-state index contributed by atoms with van der Waals surface area (Å²) in [4.78, 5) is 21.3. The number of rotatable bonds is 9. The number of pyridine rings is 1. The van der Waals surface area contributed by atoms with Gasteiger partial charge in [0.25, 0.3) is 5.91 Å². The van der Waals surface area contributed by atoms with Gasteiger partial charge in [0.1, 0.15) is 24.0 Å². The average Bonchev–Trinajstić information content (AvgIpc) is 2.77. The van der Waals surface area contributed by atoms with Gasteiger partial charge in [-0.25, -0.2) is 19.7 Å². The van der Waals surface area contributed by atoms with E-state index in [4.69, 9.17) is 25.9 Å². The predicted octanol–water partition coefficient (Wildman–Crippen LogP) is 3.95. The maximum absolute atomic E-state index is 12.9. The molecule has 30 heavy (non-hydrogen) atoms. The molecule has 1 saturated heterocycles. The van der Waals surface area contributed by atoms with Crippen LogP contribution in [-0.4, -0.2) is 36.9 Å². The summed E-state index contributed by atoms with van der Waals surface area (Å²) < 4.78 is 23.7. The van der Waals surface area contributed by atoms with Crippen molar-refractivity contribution in [3.05, 3.63) is 59.0 Å². The first-order valence-electron chi connectivity index (χ1n) is 9.63. The fourth-order valence-electron chi connectivity index (χ4n) is 2.68. The highest BCUT2D eigenvalue weighted by Gasteiger charge is 2.14. The number of carbonyl (C=O) groups is 1. The molecule has 1 aromatic carbocycles. The van der Waals surface area contributed by atoms with E-state index in [1.165, 1.54) is 18.2 Å². The molecular formula is C21H23ClFN3O4. The summed E-state index contributed by atoms with van der Waals surface area (Å²) >= 11 is 6.24. The number of amides is 1. The van der Waals surface area contributed by atoms with E-state index in [9.17, 15) is 9.18 Å². The van der Waals surface area contributed by atoms with Gasteiger partial charge in [-0.15, -0.1) is 0 Å². The van der Waals surface area contributed by atoms with Gasteiger partial charge in [-0.05, 0) is 54.8 Å². The Morgan fingerprint density at radius 1 is 1.33 bits per heavy atom. The maximum Gasteiger partial charge on any atom is 0.267 e. The van der Waals surface area contributed by atoms with Crippen LogP contribution in [0, 0.1) is 5.82 Å². The molecule has 9 heteroatoms. The quantitative estimate of drug-likeness (QED) is 0.352. The first-order valence-corrected chi connectivity index (χ1v) is 10.0. The largest absolute Gasteiger partial charge is 0.492 e. The molecule has 3 rings (SSSR count). The number of hydrogen-bond donors (Lipinski definition) is 2. The summed E-state index contributed by atoms with van der Waals surface area (Å²) in [6.07, 6.45) is 6.88. The number of ether oxygens (including phenoxy) is 2. The minimum absolute atomic E-state index is 0.311. The molecular weight excluding hydrogens is 413 g/mol. The lowest BCUT2D eigenvalue weighted by molar-refractivity contribution is -0.198. The van der Waals surface area contributed by atoms with Crippen molar-refractivity contribution < 1.29 is 23.5 Å². The number of nitrogens with zero attached hydrogens (tertiary/aromatic N) is 1. The smallest absolute Gasteiger partial charge is 0.267 e. The molecule has 0 spiro atoms. The summed E-state index contributed by atoms with van der Waals surface area (Å²) in [5.74, 6) is 0.364. The zero-order chi connectivity index (χ0) is 21.2. The Labute approximate surface area is 179 Å². The molecule has 0 saturated carbocycles. The minimum Gasteiger partial charge on any atom is -0.492 e. The highest BCUT2D eigenvalue weighted by Crippen LogP contribution is 2.20. The topological polar surface area (TPSA) is 81.7 Å². The zero-order valence-electron chi connectivity index (χ0n) is 16.3. The standard InChI is InChI=1S/C21H23ClFN3O4/c22-18-13-15(4-9-19(27)26-30-20-3-1-2-11-29-20)14-25-21(18)24-10-12-28-17-7-5-16(23)6-8-17/h4-9,13-14,20H,1-3,10-12H2,(H,24,25)(H,26,27). The normalized spacial score (nSPS) is 16.4. The van der Waals surface area contributed by atoms with Gasteiger partial charge in [-0.3, -0.25) is 4.79 Å². The molecule has 0 aliphatic carbocycles. The number of benzene rings is 1. The highest BCUT2D eigenvalue weighted by molar-refractivity contribution is 6.33. The number of hydroxylamine groups is 1. The third kappa shape index (κ3) is 7.29. The van der Waals surface area contributed by atoms with Gasteiger partial charge in [0.15, 0.2) is 6.29 Å². The van der Waals surface area contributed by atoms with E-state index in [2.05, 4.69) is 15.8 Å². The number of anilines is 1. The molecule has 2 heterocycles. The lowest BCUT2D eigenvalue weighted by Gasteiger charge is -2.21. The second-order valence-corrected chi connectivity index (χ2v) is 6.95. The molecule has 0 bridgehead atoms. The predicted molar refractivity (Wildman–Crippen MR) is 111 cm³/mol. The van der Waals surface area contributed by atoms with Gasteiger partial charge in [-0.2, -0.15) is 0 Å². The van der Waals surface area contributed by atoms with Crippen LogP contribution in [0.4, 0.5) is 10.2 Å². The van der Waals surface area contributed by atoms with Gasteiger partial charge >= 0.3 is 0 Å². The van der Waals surface area contributed by atoms with Gasteiger partial charge in [-0.1, -0.05) is 11.6 Å². The lowest BCUT2D eigenvalue weighted by atomic mass is 10.2. The summed E-state index contributed by atoms with van der Waals surface area (Å²) in [5.41, 5.74) is 3.01. The number of carbonyl (C=O) groups excluding carboxylic acids is 1. The molecule has 1 unspecified atom stereocenters. The fraction of sp³-hybridized carbons (Fsp3) is 0.333. The van der Waals surface area contributed by atoms with Gasteiger partial charge < -0.3 is 14.8 Å². The summed E-state index contributed by atoms with van der Waals surface area (Å²) in [5, 5.41) is 3.47. The van der Waals surface area contributed by atoms with Gasteiger partial charge in [0, 0.05) is 25.3 Å².